The number of hydrogen-bond donors (Lipinski definition) is 1. The lowest BCUT2D eigenvalue weighted by Gasteiger charge is -2.19. The first-order valence-corrected chi connectivity index (χ1v) is 12.3. The fraction of sp³-hybridized carbons (Fsp3) is 0.290. The van der Waals surface area contributed by atoms with E-state index in [1.54, 1.807) is 0 Å². The average molecular weight is 482 g/mol. The number of rotatable bonds is 7. The molecule has 0 aliphatic heterocycles. The number of amides is 1. The Morgan fingerprint density at radius 3 is 2.31 bits per heavy atom. The molecule has 0 atom stereocenters. The van der Waals surface area contributed by atoms with Crippen molar-refractivity contribution in [1.82, 2.24) is 9.78 Å². The minimum Gasteiger partial charge on any atom is -0.489 e. The molecule has 3 aromatic carbocycles. The van der Waals surface area contributed by atoms with Gasteiger partial charge < -0.3 is 10.1 Å². The van der Waals surface area contributed by atoms with Crippen molar-refractivity contribution in [2.45, 2.75) is 60.1 Å². The lowest BCUT2D eigenvalue weighted by atomic mass is 9.87. The van der Waals surface area contributed by atoms with E-state index in [0.29, 0.717) is 18.7 Å². The zero-order valence-corrected chi connectivity index (χ0v) is 22.1. The third kappa shape index (κ3) is 6.03. The van der Waals surface area contributed by atoms with Crippen LogP contribution < -0.4 is 10.1 Å². The first-order valence-electron chi connectivity index (χ1n) is 12.3. The highest BCUT2D eigenvalue weighted by Gasteiger charge is 2.16. The highest BCUT2D eigenvalue weighted by molar-refractivity contribution is 6.05. The molecule has 0 saturated heterocycles. The molecule has 186 valence electrons. The lowest BCUT2D eigenvalue weighted by molar-refractivity contribution is 0.102. The van der Waals surface area contributed by atoms with Crippen LogP contribution in [0.25, 0.3) is 0 Å². The lowest BCUT2D eigenvalue weighted by Crippen LogP contribution is -2.14. The number of nitrogens with zero attached hydrogens (tertiary/aromatic N) is 2. The predicted octanol–water partition coefficient (Wildman–Crippen LogP) is 6.99. The van der Waals surface area contributed by atoms with Crippen LogP contribution in [0.2, 0.25) is 0 Å². The van der Waals surface area contributed by atoms with E-state index in [1.807, 2.05) is 54.9 Å². The minimum absolute atomic E-state index is 0.105. The molecule has 36 heavy (non-hydrogen) atoms. The van der Waals surface area contributed by atoms with Crippen LogP contribution in [0.3, 0.4) is 0 Å². The smallest absolute Gasteiger partial charge is 0.255 e. The number of carbonyl (C=O) groups is 1. The van der Waals surface area contributed by atoms with Gasteiger partial charge in [-0.3, -0.25) is 9.48 Å². The molecule has 1 heterocycles. The van der Waals surface area contributed by atoms with E-state index in [0.717, 1.165) is 28.4 Å². The summed E-state index contributed by atoms with van der Waals surface area (Å²) in [4.78, 5) is 13.1. The maximum atomic E-state index is 13.1. The molecule has 1 aromatic heterocycles. The van der Waals surface area contributed by atoms with Gasteiger partial charge in [-0.05, 0) is 67.1 Å². The molecular weight excluding hydrogens is 446 g/mol. The maximum Gasteiger partial charge on any atom is 0.255 e. The van der Waals surface area contributed by atoms with E-state index >= 15 is 0 Å². The maximum absolute atomic E-state index is 13.1. The van der Waals surface area contributed by atoms with E-state index in [4.69, 9.17) is 4.74 Å². The van der Waals surface area contributed by atoms with E-state index in [-0.39, 0.29) is 11.3 Å². The fourth-order valence-electron chi connectivity index (χ4n) is 4.22. The molecule has 5 nitrogen and oxygen atoms in total. The summed E-state index contributed by atoms with van der Waals surface area (Å²) in [5.41, 5.74) is 7.78. The van der Waals surface area contributed by atoms with E-state index < -0.39 is 0 Å². The third-order valence-electron chi connectivity index (χ3n) is 6.35. The molecule has 5 heteroatoms. The monoisotopic (exact) mass is 481 g/mol. The molecule has 0 saturated carbocycles. The Bertz CT molecular complexity index is 1360. The highest BCUT2D eigenvalue weighted by atomic mass is 16.5. The SMILES string of the molecule is Cc1cccc(Cn2nc(C)c(NC(=O)c3cccc(COc4ccc(C(C)(C)C)cc4)c3)c2C)c1. The second kappa shape index (κ2) is 10.4. The van der Waals surface area contributed by atoms with Crippen molar-refractivity contribution in [3.05, 3.63) is 112 Å². The second-order valence-electron chi connectivity index (χ2n) is 10.4. The standard InChI is InChI=1S/C31H35N3O2/c1-21-9-7-10-24(17-21)19-34-23(3)29(22(2)33-34)32-30(35)26-12-8-11-25(18-26)20-36-28-15-13-27(14-16-28)31(4,5)6/h7-18H,19-20H2,1-6H3,(H,32,35). The van der Waals surface area contributed by atoms with Gasteiger partial charge in [-0.2, -0.15) is 5.10 Å². The topological polar surface area (TPSA) is 56.2 Å². The van der Waals surface area contributed by atoms with Crippen LogP contribution in [0.4, 0.5) is 5.69 Å². The molecule has 0 fully saturated rings. The summed E-state index contributed by atoms with van der Waals surface area (Å²) in [5.74, 6) is 0.651. The number of benzene rings is 3. The summed E-state index contributed by atoms with van der Waals surface area (Å²) in [5, 5.41) is 7.74. The Morgan fingerprint density at radius 1 is 0.917 bits per heavy atom. The summed E-state index contributed by atoms with van der Waals surface area (Å²) in [6, 6.07) is 24.1. The van der Waals surface area contributed by atoms with Gasteiger partial charge in [0.1, 0.15) is 12.4 Å². The van der Waals surface area contributed by atoms with Gasteiger partial charge in [0, 0.05) is 5.56 Å². The van der Waals surface area contributed by atoms with Crippen LogP contribution in [0.15, 0.2) is 72.8 Å². The van der Waals surface area contributed by atoms with Gasteiger partial charge in [-0.25, -0.2) is 0 Å². The minimum atomic E-state index is -0.160. The number of ether oxygens (including phenoxy) is 1. The molecule has 0 radical (unpaired) electrons. The average Bonchev–Trinajstić information content (AvgIpc) is 3.10. The van der Waals surface area contributed by atoms with E-state index in [1.165, 1.54) is 16.7 Å². The van der Waals surface area contributed by atoms with Crippen molar-refractivity contribution in [3.8, 4) is 5.75 Å². The molecule has 4 aromatic rings. The Morgan fingerprint density at radius 2 is 1.61 bits per heavy atom. The summed E-state index contributed by atoms with van der Waals surface area (Å²) in [7, 11) is 0. The number of carbonyl (C=O) groups excluding carboxylic acids is 1. The first-order chi connectivity index (χ1) is 17.1. The number of hydrogen-bond acceptors (Lipinski definition) is 3. The molecule has 0 bridgehead atoms. The number of aryl methyl sites for hydroxylation is 2. The summed E-state index contributed by atoms with van der Waals surface area (Å²) in [6.45, 7) is 13.6. The molecule has 0 unspecified atom stereocenters. The third-order valence-corrected chi connectivity index (χ3v) is 6.35. The second-order valence-corrected chi connectivity index (χ2v) is 10.4. The zero-order valence-electron chi connectivity index (χ0n) is 22.1. The normalized spacial score (nSPS) is 11.4. The van der Waals surface area contributed by atoms with Crippen molar-refractivity contribution in [2.24, 2.45) is 0 Å². The molecule has 0 aliphatic carbocycles. The van der Waals surface area contributed by atoms with Crippen LogP contribution >= 0.6 is 0 Å². The van der Waals surface area contributed by atoms with Gasteiger partial charge in [0.25, 0.3) is 5.91 Å². The highest BCUT2D eigenvalue weighted by Crippen LogP contribution is 2.25. The summed E-state index contributed by atoms with van der Waals surface area (Å²) >= 11 is 0. The van der Waals surface area contributed by atoms with Gasteiger partial charge in [0.15, 0.2) is 0 Å². The quantitative estimate of drug-likeness (QED) is 0.310. The largest absolute Gasteiger partial charge is 0.489 e. The van der Waals surface area contributed by atoms with Crippen LogP contribution in [0.1, 0.15) is 64.8 Å². The van der Waals surface area contributed by atoms with Gasteiger partial charge in [0.2, 0.25) is 0 Å². The zero-order chi connectivity index (χ0) is 25.9. The Hall–Kier alpha value is -3.86. The number of aromatic nitrogens is 2. The van der Waals surface area contributed by atoms with E-state index in [2.05, 4.69) is 74.5 Å². The summed E-state index contributed by atoms with van der Waals surface area (Å²) < 4.78 is 7.91. The number of nitrogens with one attached hydrogen (secondary N) is 1. The van der Waals surface area contributed by atoms with Gasteiger partial charge in [-0.15, -0.1) is 0 Å². The van der Waals surface area contributed by atoms with Crippen LogP contribution in [0.5, 0.6) is 5.75 Å². The first kappa shape index (κ1) is 25.2. The van der Waals surface area contributed by atoms with Gasteiger partial charge in [-0.1, -0.05) is 74.9 Å². The van der Waals surface area contributed by atoms with E-state index in [9.17, 15) is 4.79 Å². The van der Waals surface area contributed by atoms with Crippen molar-refractivity contribution in [3.63, 3.8) is 0 Å². The van der Waals surface area contributed by atoms with Crippen molar-refractivity contribution in [2.75, 3.05) is 5.32 Å². The van der Waals surface area contributed by atoms with Crippen molar-refractivity contribution in [1.29, 1.82) is 0 Å². The predicted molar refractivity (Wildman–Crippen MR) is 146 cm³/mol. The van der Waals surface area contributed by atoms with Gasteiger partial charge in [0.05, 0.1) is 23.6 Å². The fourth-order valence-corrected chi connectivity index (χ4v) is 4.22. The molecule has 1 N–H and O–H groups in total. The van der Waals surface area contributed by atoms with Crippen molar-refractivity contribution < 1.29 is 9.53 Å². The van der Waals surface area contributed by atoms with Gasteiger partial charge >= 0.3 is 0 Å². The van der Waals surface area contributed by atoms with Crippen LogP contribution in [-0.4, -0.2) is 15.7 Å². The summed E-state index contributed by atoms with van der Waals surface area (Å²) in [6.07, 6.45) is 0. The Kier molecular flexibility index (Phi) is 7.30. The molecule has 0 spiro atoms. The van der Waals surface area contributed by atoms with Crippen molar-refractivity contribution >= 4 is 11.6 Å². The van der Waals surface area contributed by atoms with Crippen LogP contribution in [-0.2, 0) is 18.6 Å². The molecule has 0 aliphatic rings. The van der Waals surface area contributed by atoms with Crippen LogP contribution in [0, 0.1) is 20.8 Å². The Balaban J connectivity index is 1.42. The Labute approximate surface area is 214 Å². The molecule has 1 amide bonds. The molecule has 4 rings (SSSR count). The molecular formula is C31H35N3O2. The number of anilines is 1.